The molecule has 0 bridgehead atoms. The maximum absolute atomic E-state index is 6.40. The Labute approximate surface area is 121 Å². The molecule has 0 aromatic heterocycles. The fourth-order valence-electron chi connectivity index (χ4n) is 2.89. The van der Waals surface area contributed by atoms with Crippen molar-refractivity contribution < 1.29 is 0 Å². The molecule has 2 rings (SSSR count). The normalized spacial score (nSPS) is 22.1. The van der Waals surface area contributed by atoms with Gasteiger partial charge in [0.25, 0.3) is 0 Å². The maximum atomic E-state index is 6.40. The van der Waals surface area contributed by atoms with E-state index in [9.17, 15) is 0 Å². The largest absolute Gasteiger partial charge is 0.369 e. The molecule has 2 unspecified atom stereocenters. The van der Waals surface area contributed by atoms with Crippen molar-refractivity contribution in [2.45, 2.75) is 58.0 Å². The second kappa shape index (κ2) is 6.62. The summed E-state index contributed by atoms with van der Waals surface area (Å²) in [6, 6.07) is 7.21. The van der Waals surface area contributed by atoms with Crippen LogP contribution in [-0.2, 0) is 6.42 Å². The highest BCUT2D eigenvalue weighted by atomic mass is 35.5. The highest BCUT2D eigenvalue weighted by Crippen LogP contribution is 2.28. The smallest absolute Gasteiger partial charge is 0.0459 e. The highest BCUT2D eigenvalue weighted by Gasteiger charge is 2.18. The zero-order chi connectivity index (χ0) is 13.8. The SMILES string of the molecule is CC(N)Cc1ccc(N2CCCCCC2C)cc1Cl. The van der Waals surface area contributed by atoms with Crippen LogP contribution in [0.1, 0.15) is 45.1 Å². The Morgan fingerprint density at radius 2 is 2.16 bits per heavy atom. The van der Waals surface area contributed by atoms with Gasteiger partial charge in [0.2, 0.25) is 0 Å². The van der Waals surface area contributed by atoms with Crippen LogP contribution in [0, 0.1) is 0 Å². The molecule has 0 radical (unpaired) electrons. The van der Waals surface area contributed by atoms with Gasteiger partial charge in [0.05, 0.1) is 0 Å². The molecule has 0 spiro atoms. The third-order valence-electron chi connectivity index (χ3n) is 3.96. The fraction of sp³-hybridized carbons (Fsp3) is 0.625. The predicted molar refractivity (Wildman–Crippen MR) is 84.1 cm³/mol. The Hall–Kier alpha value is -0.730. The minimum atomic E-state index is 0.153. The number of nitrogens with two attached hydrogens (primary N) is 1. The molecule has 1 aliphatic heterocycles. The van der Waals surface area contributed by atoms with E-state index in [-0.39, 0.29) is 6.04 Å². The first-order valence-electron chi connectivity index (χ1n) is 7.38. The summed E-state index contributed by atoms with van der Waals surface area (Å²) < 4.78 is 0. The number of anilines is 1. The Morgan fingerprint density at radius 1 is 1.37 bits per heavy atom. The van der Waals surface area contributed by atoms with Crippen molar-refractivity contribution in [3.05, 3.63) is 28.8 Å². The van der Waals surface area contributed by atoms with Gasteiger partial charge in [-0.25, -0.2) is 0 Å². The molecule has 0 saturated carbocycles. The van der Waals surface area contributed by atoms with E-state index in [1.54, 1.807) is 0 Å². The lowest BCUT2D eigenvalue weighted by molar-refractivity contribution is 0.616. The molecule has 2 N–H and O–H groups in total. The molecule has 0 amide bonds. The van der Waals surface area contributed by atoms with Gasteiger partial charge in [0, 0.05) is 29.3 Å². The summed E-state index contributed by atoms with van der Waals surface area (Å²) in [5.74, 6) is 0. The molecule has 0 aliphatic carbocycles. The van der Waals surface area contributed by atoms with Crippen molar-refractivity contribution in [1.29, 1.82) is 0 Å². The number of hydrogen-bond acceptors (Lipinski definition) is 2. The van der Waals surface area contributed by atoms with Gasteiger partial charge in [-0.05, 0) is 50.8 Å². The first kappa shape index (κ1) is 14.7. The summed E-state index contributed by atoms with van der Waals surface area (Å²) in [6.45, 7) is 5.47. The molecule has 106 valence electrons. The van der Waals surface area contributed by atoms with Crippen molar-refractivity contribution in [3.8, 4) is 0 Å². The van der Waals surface area contributed by atoms with Gasteiger partial charge in [-0.1, -0.05) is 30.5 Å². The van der Waals surface area contributed by atoms with E-state index in [0.717, 1.165) is 23.6 Å². The molecule has 1 aromatic carbocycles. The van der Waals surface area contributed by atoms with Gasteiger partial charge in [0.15, 0.2) is 0 Å². The van der Waals surface area contributed by atoms with Gasteiger partial charge in [-0.3, -0.25) is 0 Å². The topological polar surface area (TPSA) is 29.3 Å². The molecule has 1 heterocycles. The third kappa shape index (κ3) is 3.87. The monoisotopic (exact) mass is 280 g/mol. The van der Waals surface area contributed by atoms with E-state index in [2.05, 4.69) is 30.0 Å². The number of nitrogens with zero attached hydrogens (tertiary/aromatic N) is 1. The van der Waals surface area contributed by atoms with Crippen LogP contribution in [0.2, 0.25) is 5.02 Å². The zero-order valence-corrected chi connectivity index (χ0v) is 12.8. The molecule has 1 aromatic rings. The maximum Gasteiger partial charge on any atom is 0.0459 e. The summed E-state index contributed by atoms with van der Waals surface area (Å²) in [5, 5.41) is 0.853. The minimum Gasteiger partial charge on any atom is -0.369 e. The molecule has 2 nitrogen and oxygen atoms in total. The molecular weight excluding hydrogens is 256 g/mol. The van der Waals surface area contributed by atoms with Crippen LogP contribution in [0.15, 0.2) is 18.2 Å². The zero-order valence-electron chi connectivity index (χ0n) is 12.0. The fourth-order valence-corrected chi connectivity index (χ4v) is 3.14. The van der Waals surface area contributed by atoms with E-state index in [1.807, 2.05) is 6.92 Å². The van der Waals surface area contributed by atoms with E-state index < -0.39 is 0 Å². The van der Waals surface area contributed by atoms with Gasteiger partial charge in [-0.2, -0.15) is 0 Å². The van der Waals surface area contributed by atoms with Crippen molar-refractivity contribution in [2.75, 3.05) is 11.4 Å². The number of halogens is 1. The third-order valence-corrected chi connectivity index (χ3v) is 4.32. The van der Waals surface area contributed by atoms with E-state index in [4.69, 9.17) is 17.3 Å². The lowest BCUT2D eigenvalue weighted by Crippen LogP contribution is -2.32. The van der Waals surface area contributed by atoms with Crippen LogP contribution in [0.25, 0.3) is 0 Å². The number of benzene rings is 1. The summed E-state index contributed by atoms with van der Waals surface area (Å²) in [4.78, 5) is 2.49. The summed E-state index contributed by atoms with van der Waals surface area (Å²) in [5.41, 5.74) is 8.26. The van der Waals surface area contributed by atoms with Crippen molar-refractivity contribution in [2.24, 2.45) is 5.73 Å². The van der Waals surface area contributed by atoms with Crippen LogP contribution in [0.4, 0.5) is 5.69 Å². The number of rotatable bonds is 3. The molecular formula is C16H25ClN2. The molecule has 19 heavy (non-hydrogen) atoms. The lowest BCUT2D eigenvalue weighted by Gasteiger charge is -2.30. The van der Waals surface area contributed by atoms with Crippen LogP contribution in [0.5, 0.6) is 0 Å². The van der Waals surface area contributed by atoms with Gasteiger partial charge in [-0.15, -0.1) is 0 Å². The Balaban J connectivity index is 2.18. The van der Waals surface area contributed by atoms with Crippen LogP contribution in [0.3, 0.4) is 0 Å². The summed E-state index contributed by atoms with van der Waals surface area (Å²) in [6.07, 6.45) is 6.09. The average molecular weight is 281 g/mol. The Kier molecular flexibility index (Phi) is 5.12. The van der Waals surface area contributed by atoms with Gasteiger partial charge in [0.1, 0.15) is 0 Å². The number of hydrogen-bond donors (Lipinski definition) is 1. The quantitative estimate of drug-likeness (QED) is 0.907. The Morgan fingerprint density at radius 3 is 2.84 bits per heavy atom. The first-order chi connectivity index (χ1) is 9.08. The van der Waals surface area contributed by atoms with Gasteiger partial charge >= 0.3 is 0 Å². The molecule has 2 atom stereocenters. The van der Waals surface area contributed by atoms with Gasteiger partial charge < -0.3 is 10.6 Å². The average Bonchev–Trinajstić information content (AvgIpc) is 2.56. The molecule has 3 heteroatoms. The summed E-state index contributed by atoms with van der Waals surface area (Å²) >= 11 is 6.40. The van der Waals surface area contributed by atoms with Crippen molar-refractivity contribution in [3.63, 3.8) is 0 Å². The summed E-state index contributed by atoms with van der Waals surface area (Å²) in [7, 11) is 0. The standard InChI is InChI=1S/C16H25ClN2/c1-12(18)10-14-7-8-15(11-16(14)17)19-9-5-3-4-6-13(19)2/h7-8,11-13H,3-6,9-10,18H2,1-2H3. The second-order valence-electron chi connectivity index (χ2n) is 5.85. The van der Waals surface area contributed by atoms with Crippen LogP contribution in [-0.4, -0.2) is 18.6 Å². The van der Waals surface area contributed by atoms with Crippen LogP contribution < -0.4 is 10.6 Å². The van der Waals surface area contributed by atoms with Crippen LogP contribution >= 0.6 is 11.6 Å². The minimum absolute atomic E-state index is 0.153. The first-order valence-corrected chi connectivity index (χ1v) is 7.76. The second-order valence-corrected chi connectivity index (χ2v) is 6.26. The van der Waals surface area contributed by atoms with E-state index in [0.29, 0.717) is 6.04 Å². The van der Waals surface area contributed by atoms with E-state index >= 15 is 0 Å². The molecule has 1 fully saturated rings. The lowest BCUT2D eigenvalue weighted by atomic mass is 10.1. The van der Waals surface area contributed by atoms with Crippen molar-refractivity contribution in [1.82, 2.24) is 0 Å². The van der Waals surface area contributed by atoms with E-state index in [1.165, 1.54) is 31.4 Å². The predicted octanol–water partition coefficient (Wildman–Crippen LogP) is 4.00. The highest BCUT2D eigenvalue weighted by molar-refractivity contribution is 6.31. The molecule has 1 saturated heterocycles. The van der Waals surface area contributed by atoms with Crippen molar-refractivity contribution >= 4 is 17.3 Å². The molecule has 1 aliphatic rings. The Bertz CT molecular complexity index is 417.